The van der Waals surface area contributed by atoms with Gasteiger partial charge in [0.2, 0.25) is 10.9 Å². The van der Waals surface area contributed by atoms with Gasteiger partial charge in [0, 0.05) is 11.1 Å². The second kappa shape index (κ2) is 7.08. The van der Waals surface area contributed by atoms with Crippen molar-refractivity contribution in [2.24, 2.45) is 5.41 Å². The summed E-state index contributed by atoms with van der Waals surface area (Å²) in [5, 5.41) is 0. The Morgan fingerprint density at radius 1 is 0.917 bits per heavy atom. The summed E-state index contributed by atoms with van der Waals surface area (Å²) in [7, 11) is 0. The number of hydrogen-bond donors (Lipinski definition) is 0. The van der Waals surface area contributed by atoms with E-state index >= 15 is 0 Å². The van der Waals surface area contributed by atoms with E-state index < -0.39 is 0 Å². The first-order valence-electron chi connectivity index (χ1n) is 8.07. The summed E-state index contributed by atoms with van der Waals surface area (Å²) < 4.78 is 5.54. The molecule has 0 aromatic heterocycles. The normalized spacial score (nSPS) is 18.0. The highest BCUT2D eigenvalue weighted by atomic mass is 16.5. The van der Waals surface area contributed by atoms with Gasteiger partial charge in [0.25, 0.3) is 0 Å². The largest absolute Gasteiger partial charge is 0.487 e. The predicted octanol–water partition coefficient (Wildman–Crippen LogP) is 4.81. The van der Waals surface area contributed by atoms with Gasteiger partial charge in [-0.2, -0.15) is 0 Å². The molecule has 0 bridgehead atoms. The lowest BCUT2D eigenvalue weighted by Gasteiger charge is -2.23. The molecule has 0 fully saturated rings. The van der Waals surface area contributed by atoms with Gasteiger partial charge in [0.1, 0.15) is 11.9 Å². The molecule has 2 rings (SSSR count). The molecule has 3 heteroatoms. The van der Waals surface area contributed by atoms with Crippen molar-refractivity contribution in [1.82, 2.24) is 0 Å². The molecule has 1 aromatic rings. The van der Waals surface area contributed by atoms with Crippen LogP contribution in [0, 0.1) is 12.3 Å². The summed E-state index contributed by atoms with van der Waals surface area (Å²) in [6, 6.07) is 0. The third kappa shape index (κ3) is 4.25. The molecular formula is C21H34O3. The van der Waals surface area contributed by atoms with Crippen molar-refractivity contribution in [2.75, 3.05) is 0 Å². The minimum absolute atomic E-state index is 0. The molecule has 0 amide bonds. The van der Waals surface area contributed by atoms with Crippen molar-refractivity contribution >= 4 is 0 Å². The van der Waals surface area contributed by atoms with Crippen molar-refractivity contribution in [2.45, 2.75) is 81.3 Å². The molecule has 1 aromatic carbocycles. The highest BCUT2D eigenvalue weighted by Crippen LogP contribution is 2.39. The summed E-state index contributed by atoms with van der Waals surface area (Å²) in [6.07, 6.45) is 0.206. The Labute approximate surface area is 147 Å². The zero-order valence-corrected chi connectivity index (χ0v) is 16.0. The summed E-state index contributed by atoms with van der Waals surface area (Å²) in [5.41, 5.74) is 3.37. The van der Waals surface area contributed by atoms with E-state index in [4.69, 9.17) is 4.74 Å². The van der Waals surface area contributed by atoms with E-state index in [1.54, 1.807) is 6.92 Å². The summed E-state index contributed by atoms with van der Waals surface area (Å²) in [6.45, 7) is 22.2. The smallest absolute Gasteiger partial charge is 0.230 e. The van der Waals surface area contributed by atoms with E-state index in [2.05, 4.69) is 41.2 Å². The number of hydrogen-bond acceptors (Lipinski definition) is 3. The summed E-state index contributed by atoms with van der Waals surface area (Å²) in [4.78, 5) is 21.8. The standard InChI is InChI=1S/C11H18O.C9H12O2.CH4/c1-7-8(2)12-9(3)10(7)11(4,5)6;1-5-6(9(2,3)4)8(11)7(5)10;/h9H,2H2,1,3-6H3;1-4H3;1H4. The molecule has 0 saturated heterocycles. The third-order valence-corrected chi connectivity index (χ3v) is 4.25. The van der Waals surface area contributed by atoms with Crippen LogP contribution in [0.15, 0.2) is 33.1 Å². The quantitative estimate of drug-likeness (QED) is 0.640. The number of allylic oxidation sites excluding steroid dienone is 1. The van der Waals surface area contributed by atoms with Crippen LogP contribution in [0.1, 0.15) is 73.9 Å². The van der Waals surface area contributed by atoms with Crippen molar-refractivity contribution in [3.8, 4) is 0 Å². The Bertz CT molecular complexity index is 712. The zero-order valence-electron chi connectivity index (χ0n) is 16.0. The van der Waals surface area contributed by atoms with Crippen LogP contribution in [0.4, 0.5) is 0 Å². The molecule has 0 saturated carbocycles. The SMILES string of the molecule is C.C=C1OC(C)C(C(C)(C)C)=C1C.Cc1c(C(C)(C)C)c(=O)c1=O. The van der Waals surface area contributed by atoms with E-state index in [1.165, 1.54) is 11.1 Å². The molecule has 1 unspecified atom stereocenters. The fourth-order valence-electron chi connectivity index (χ4n) is 3.40. The van der Waals surface area contributed by atoms with Crippen molar-refractivity contribution in [3.63, 3.8) is 0 Å². The van der Waals surface area contributed by atoms with Crippen molar-refractivity contribution in [1.29, 1.82) is 0 Å². The molecule has 136 valence electrons. The van der Waals surface area contributed by atoms with E-state index in [1.807, 2.05) is 20.8 Å². The van der Waals surface area contributed by atoms with Gasteiger partial charge in [0.05, 0.1) is 0 Å². The van der Waals surface area contributed by atoms with Gasteiger partial charge >= 0.3 is 0 Å². The molecule has 3 nitrogen and oxygen atoms in total. The van der Waals surface area contributed by atoms with Crippen LogP contribution in [0.2, 0.25) is 0 Å². The molecule has 0 N–H and O–H groups in total. The Balaban J connectivity index is 0.000000425. The lowest BCUT2D eigenvalue weighted by atomic mass is 9.81. The highest BCUT2D eigenvalue weighted by molar-refractivity contribution is 5.38. The van der Waals surface area contributed by atoms with E-state index in [9.17, 15) is 9.59 Å². The van der Waals surface area contributed by atoms with Crippen LogP contribution in [0.5, 0.6) is 0 Å². The number of ether oxygens (including phenoxy) is 1. The third-order valence-electron chi connectivity index (χ3n) is 4.25. The van der Waals surface area contributed by atoms with Crippen molar-refractivity contribution < 1.29 is 4.74 Å². The Morgan fingerprint density at radius 3 is 1.54 bits per heavy atom. The molecule has 0 radical (unpaired) electrons. The van der Waals surface area contributed by atoms with Crippen LogP contribution in [0.25, 0.3) is 0 Å². The molecule has 0 aliphatic carbocycles. The molecule has 0 spiro atoms. The first-order valence-corrected chi connectivity index (χ1v) is 8.07. The maximum Gasteiger partial charge on any atom is 0.230 e. The topological polar surface area (TPSA) is 43.4 Å². The Morgan fingerprint density at radius 2 is 1.38 bits per heavy atom. The molecule has 1 aliphatic rings. The Hall–Kier alpha value is -1.64. The molecule has 24 heavy (non-hydrogen) atoms. The summed E-state index contributed by atoms with van der Waals surface area (Å²) in [5.74, 6) is 0.840. The lowest BCUT2D eigenvalue weighted by Crippen LogP contribution is -2.43. The van der Waals surface area contributed by atoms with E-state index in [-0.39, 0.29) is 35.2 Å². The molecular weight excluding hydrogens is 300 g/mol. The van der Waals surface area contributed by atoms with Gasteiger partial charge in [-0.25, -0.2) is 0 Å². The molecule has 1 atom stereocenters. The predicted molar refractivity (Wildman–Crippen MR) is 103 cm³/mol. The second-order valence-electron chi connectivity index (χ2n) is 8.38. The Kier molecular flexibility index (Phi) is 6.60. The van der Waals surface area contributed by atoms with Gasteiger partial charge in [-0.15, -0.1) is 0 Å². The monoisotopic (exact) mass is 334 g/mol. The average molecular weight is 335 g/mol. The maximum atomic E-state index is 11.0. The van der Waals surface area contributed by atoms with Gasteiger partial charge in [-0.05, 0) is 42.7 Å². The minimum atomic E-state index is -0.310. The fraction of sp³-hybridized carbons (Fsp3) is 0.619. The zero-order chi connectivity index (χ0) is 18.3. The van der Waals surface area contributed by atoms with Gasteiger partial charge in [-0.3, -0.25) is 9.59 Å². The maximum absolute atomic E-state index is 11.0. The number of rotatable bonds is 0. The lowest BCUT2D eigenvalue weighted by molar-refractivity contribution is 0.175. The second-order valence-corrected chi connectivity index (χ2v) is 8.38. The van der Waals surface area contributed by atoms with Crippen molar-refractivity contribution in [3.05, 3.63) is 55.1 Å². The van der Waals surface area contributed by atoms with Crippen LogP contribution < -0.4 is 10.9 Å². The minimum Gasteiger partial charge on any atom is -0.487 e. The van der Waals surface area contributed by atoms with Gasteiger partial charge < -0.3 is 4.74 Å². The first kappa shape index (κ1) is 22.4. The van der Waals surface area contributed by atoms with E-state index in [0.29, 0.717) is 11.1 Å². The van der Waals surface area contributed by atoms with Crippen LogP contribution in [0.3, 0.4) is 0 Å². The van der Waals surface area contributed by atoms with Crippen LogP contribution in [-0.2, 0) is 10.2 Å². The fourth-order valence-corrected chi connectivity index (χ4v) is 3.40. The first-order chi connectivity index (χ1) is 10.2. The summed E-state index contributed by atoms with van der Waals surface area (Å²) >= 11 is 0. The van der Waals surface area contributed by atoms with Crippen LogP contribution >= 0.6 is 0 Å². The average Bonchev–Trinajstić information content (AvgIpc) is 2.61. The highest BCUT2D eigenvalue weighted by Gasteiger charge is 2.32. The van der Waals surface area contributed by atoms with Gasteiger partial charge in [-0.1, -0.05) is 55.5 Å². The van der Waals surface area contributed by atoms with E-state index in [0.717, 1.165) is 5.76 Å². The molecule has 1 aliphatic heterocycles. The van der Waals surface area contributed by atoms with Crippen LogP contribution in [-0.4, -0.2) is 6.10 Å². The van der Waals surface area contributed by atoms with Gasteiger partial charge in [0.15, 0.2) is 0 Å². The molecule has 1 heterocycles.